The highest BCUT2D eigenvalue weighted by Gasteiger charge is 2.12. The van der Waals surface area contributed by atoms with Crippen molar-refractivity contribution in [3.05, 3.63) is 53.4 Å². The van der Waals surface area contributed by atoms with Gasteiger partial charge in [0.15, 0.2) is 5.65 Å². The van der Waals surface area contributed by atoms with E-state index in [0.717, 1.165) is 29.1 Å². The average molecular weight is 257 g/mol. The summed E-state index contributed by atoms with van der Waals surface area (Å²) < 4.78 is 2.04. The van der Waals surface area contributed by atoms with Crippen molar-refractivity contribution in [2.45, 2.75) is 13.3 Å². The Hall–Kier alpha value is -1.87. The van der Waals surface area contributed by atoms with E-state index in [1.165, 1.54) is 0 Å². The highest BCUT2D eigenvalue weighted by Crippen LogP contribution is 2.22. The van der Waals surface area contributed by atoms with E-state index >= 15 is 0 Å². The molecule has 2 aromatic heterocycles. The zero-order chi connectivity index (χ0) is 12.5. The van der Waals surface area contributed by atoms with Crippen LogP contribution in [0.1, 0.15) is 12.7 Å². The molecule has 0 spiro atoms. The van der Waals surface area contributed by atoms with Crippen molar-refractivity contribution in [2.75, 3.05) is 0 Å². The third-order valence-corrected chi connectivity index (χ3v) is 3.01. The van der Waals surface area contributed by atoms with Gasteiger partial charge in [-0.25, -0.2) is 9.97 Å². The molecule has 1 aromatic carbocycles. The molecule has 3 rings (SSSR count). The molecule has 0 bridgehead atoms. The van der Waals surface area contributed by atoms with Crippen molar-refractivity contribution in [1.29, 1.82) is 0 Å². The summed E-state index contributed by atoms with van der Waals surface area (Å²) in [4.78, 5) is 8.95. The van der Waals surface area contributed by atoms with Crippen LogP contribution < -0.4 is 0 Å². The van der Waals surface area contributed by atoms with Gasteiger partial charge in [-0.1, -0.05) is 30.7 Å². The van der Waals surface area contributed by atoms with Gasteiger partial charge in [0.2, 0.25) is 0 Å². The second-order valence-electron chi connectivity index (χ2n) is 3.97. The van der Waals surface area contributed by atoms with Crippen LogP contribution in [0, 0.1) is 6.07 Å². The summed E-state index contributed by atoms with van der Waals surface area (Å²) in [6.07, 6.45) is 2.48. The third-order valence-electron chi connectivity index (χ3n) is 2.80. The molecule has 0 saturated heterocycles. The van der Waals surface area contributed by atoms with E-state index in [4.69, 9.17) is 11.6 Å². The number of pyridine rings is 1. The van der Waals surface area contributed by atoms with Gasteiger partial charge >= 0.3 is 0 Å². The SMILES string of the molecule is CCc1nc2cc(Cl)cnc2n1-c1c[c]ccc1. The maximum Gasteiger partial charge on any atom is 0.164 e. The Morgan fingerprint density at radius 1 is 1.44 bits per heavy atom. The van der Waals surface area contributed by atoms with Gasteiger partial charge in [-0.3, -0.25) is 4.57 Å². The molecule has 0 aliphatic carbocycles. The number of nitrogens with zero attached hydrogens (tertiary/aromatic N) is 3. The van der Waals surface area contributed by atoms with E-state index in [2.05, 4.69) is 23.0 Å². The minimum Gasteiger partial charge on any atom is -0.281 e. The topological polar surface area (TPSA) is 30.7 Å². The van der Waals surface area contributed by atoms with Gasteiger partial charge in [0.1, 0.15) is 11.3 Å². The van der Waals surface area contributed by atoms with Gasteiger partial charge in [-0.05, 0) is 24.3 Å². The number of fused-ring (bicyclic) bond motifs is 1. The first-order valence-electron chi connectivity index (χ1n) is 5.79. The lowest BCUT2D eigenvalue weighted by molar-refractivity contribution is 0.901. The Morgan fingerprint density at radius 3 is 3.06 bits per heavy atom. The minimum atomic E-state index is 0.606. The molecule has 3 aromatic rings. The largest absolute Gasteiger partial charge is 0.281 e. The van der Waals surface area contributed by atoms with Crippen molar-refractivity contribution >= 4 is 22.8 Å². The quantitative estimate of drug-likeness (QED) is 0.703. The predicted octanol–water partition coefficient (Wildman–Crippen LogP) is 3.44. The fourth-order valence-corrected chi connectivity index (χ4v) is 2.17. The first-order valence-corrected chi connectivity index (χ1v) is 6.16. The van der Waals surface area contributed by atoms with Crippen molar-refractivity contribution < 1.29 is 0 Å². The van der Waals surface area contributed by atoms with Gasteiger partial charge in [0.25, 0.3) is 0 Å². The van der Waals surface area contributed by atoms with Crippen molar-refractivity contribution in [2.24, 2.45) is 0 Å². The van der Waals surface area contributed by atoms with Crippen LogP contribution in [0.15, 0.2) is 36.5 Å². The molecular weight excluding hydrogens is 246 g/mol. The Kier molecular flexibility index (Phi) is 2.76. The molecule has 0 amide bonds. The number of aryl methyl sites for hydroxylation is 1. The van der Waals surface area contributed by atoms with E-state index in [9.17, 15) is 0 Å². The molecule has 0 aliphatic heterocycles. The molecule has 0 saturated carbocycles. The van der Waals surface area contributed by atoms with E-state index in [1.807, 2.05) is 34.9 Å². The smallest absolute Gasteiger partial charge is 0.164 e. The summed E-state index contributed by atoms with van der Waals surface area (Å²) in [5.74, 6) is 0.972. The van der Waals surface area contributed by atoms with Gasteiger partial charge in [-0.15, -0.1) is 0 Å². The van der Waals surface area contributed by atoms with Crippen LogP contribution in [0.3, 0.4) is 0 Å². The first kappa shape index (κ1) is 11.2. The van der Waals surface area contributed by atoms with E-state index in [1.54, 1.807) is 6.20 Å². The lowest BCUT2D eigenvalue weighted by atomic mass is 10.3. The van der Waals surface area contributed by atoms with E-state index < -0.39 is 0 Å². The van der Waals surface area contributed by atoms with Crippen LogP contribution in [0.5, 0.6) is 0 Å². The normalized spacial score (nSPS) is 11.0. The molecule has 0 atom stereocenters. The maximum atomic E-state index is 5.95. The maximum absolute atomic E-state index is 5.95. The van der Waals surface area contributed by atoms with Crippen molar-refractivity contribution in [3.63, 3.8) is 0 Å². The van der Waals surface area contributed by atoms with Crippen LogP contribution >= 0.6 is 11.6 Å². The minimum absolute atomic E-state index is 0.606. The van der Waals surface area contributed by atoms with Gasteiger partial charge in [-0.2, -0.15) is 0 Å². The molecule has 4 heteroatoms. The number of imidazole rings is 1. The zero-order valence-corrected chi connectivity index (χ0v) is 10.6. The molecular formula is C14H11ClN3. The number of aromatic nitrogens is 3. The highest BCUT2D eigenvalue weighted by molar-refractivity contribution is 6.31. The second kappa shape index (κ2) is 4.42. The van der Waals surface area contributed by atoms with Gasteiger partial charge < -0.3 is 0 Å². The van der Waals surface area contributed by atoms with Gasteiger partial charge in [0.05, 0.1) is 5.02 Å². The van der Waals surface area contributed by atoms with Crippen LogP contribution in [-0.4, -0.2) is 14.5 Å². The average Bonchev–Trinajstić information content (AvgIpc) is 2.77. The van der Waals surface area contributed by atoms with Crippen LogP contribution in [-0.2, 0) is 6.42 Å². The summed E-state index contributed by atoms with van der Waals surface area (Å²) in [5.41, 5.74) is 2.67. The first-order chi connectivity index (χ1) is 8.79. The Morgan fingerprint density at radius 2 is 2.33 bits per heavy atom. The van der Waals surface area contributed by atoms with Crippen LogP contribution in [0.2, 0.25) is 5.02 Å². The molecule has 0 fully saturated rings. The fraction of sp³-hybridized carbons (Fsp3) is 0.143. The van der Waals surface area contributed by atoms with Gasteiger partial charge in [0, 0.05) is 18.3 Å². The molecule has 18 heavy (non-hydrogen) atoms. The third kappa shape index (κ3) is 1.77. The summed E-state index contributed by atoms with van der Waals surface area (Å²) in [6.45, 7) is 2.08. The molecule has 0 aliphatic rings. The monoisotopic (exact) mass is 256 g/mol. The second-order valence-corrected chi connectivity index (χ2v) is 4.41. The number of benzene rings is 1. The molecule has 0 unspecified atom stereocenters. The Balaban J connectivity index is 2.33. The van der Waals surface area contributed by atoms with Crippen LogP contribution in [0.25, 0.3) is 16.9 Å². The number of hydrogen-bond acceptors (Lipinski definition) is 2. The molecule has 3 nitrogen and oxygen atoms in total. The highest BCUT2D eigenvalue weighted by atomic mass is 35.5. The van der Waals surface area contributed by atoms with Crippen molar-refractivity contribution in [1.82, 2.24) is 14.5 Å². The van der Waals surface area contributed by atoms with E-state index in [-0.39, 0.29) is 0 Å². The fourth-order valence-electron chi connectivity index (χ4n) is 2.02. The standard InChI is InChI=1S/C14H11ClN3/c1-2-13-17-12-8-10(15)9-16-14(12)18(13)11-6-4-3-5-7-11/h3-4,6-9H,2H2,1H3. The van der Waals surface area contributed by atoms with E-state index in [0.29, 0.717) is 5.02 Å². The van der Waals surface area contributed by atoms with Crippen molar-refractivity contribution in [3.8, 4) is 5.69 Å². The lowest BCUT2D eigenvalue weighted by Gasteiger charge is -2.06. The summed E-state index contributed by atoms with van der Waals surface area (Å²) >= 11 is 5.95. The Bertz CT molecular complexity index is 689. The zero-order valence-electron chi connectivity index (χ0n) is 9.89. The summed E-state index contributed by atoms with van der Waals surface area (Å²) in [6, 6.07) is 12.7. The number of rotatable bonds is 2. The van der Waals surface area contributed by atoms with Crippen LogP contribution in [0.4, 0.5) is 0 Å². The molecule has 2 heterocycles. The summed E-state index contributed by atoms with van der Waals surface area (Å²) in [7, 11) is 0. The number of hydrogen-bond donors (Lipinski definition) is 0. The Labute approximate surface area is 110 Å². The predicted molar refractivity (Wildman–Crippen MR) is 72.1 cm³/mol. The summed E-state index contributed by atoms with van der Waals surface area (Å²) in [5, 5.41) is 0.606. The lowest BCUT2D eigenvalue weighted by Crippen LogP contribution is -2.00. The molecule has 89 valence electrons. The molecule has 1 radical (unpaired) electrons. The number of halogens is 1. The molecule has 0 N–H and O–H groups in total.